The standard InChI is InChI=1S/C15H18N4O.ClH/c20-15(14-3-1-8-16-14)18-13-6-4-12(5-7-13)11-19-10-2-9-17-19;/h2,4-7,9-10,14,16H,1,3,8,11H2,(H,18,20);1H. The first-order valence-corrected chi connectivity index (χ1v) is 6.92. The van der Waals surface area contributed by atoms with Crippen molar-refractivity contribution in [3.63, 3.8) is 0 Å². The summed E-state index contributed by atoms with van der Waals surface area (Å²) in [7, 11) is 0. The monoisotopic (exact) mass is 306 g/mol. The second kappa shape index (κ2) is 7.24. The highest BCUT2D eigenvalue weighted by molar-refractivity contribution is 5.95. The third-order valence-electron chi connectivity index (χ3n) is 3.50. The fourth-order valence-electron chi connectivity index (χ4n) is 2.41. The van der Waals surface area contributed by atoms with Crippen LogP contribution in [0.5, 0.6) is 0 Å². The fourth-order valence-corrected chi connectivity index (χ4v) is 2.41. The highest BCUT2D eigenvalue weighted by atomic mass is 35.5. The van der Waals surface area contributed by atoms with Crippen molar-refractivity contribution in [2.24, 2.45) is 0 Å². The maximum atomic E-state index is 12.0. The van der Waals surface area contributed by atoms with E-state index < -0.39 is 0 Å². The molecule has 1 aliphatic heterocycles. The molecule has 1 atom stereocenters. The summed E-state index contributed by atoms with van der Waals surface area (Å²) in [6.45, 7) is 1.67. The minimum atomic E-state index is -0.0428. The molecule has 3 rings (SSSR count). The number of rotatable bonds is 4. The van der Waals surface area contributed by atoms with Crippen LogP contribution in [0, 0.1) is 0 Å². The second-order valence-corrected chi connectivity index (χ2v) is 5.04. The van der Waals surface area contributed by atoms with Crippen molar-refractivity contribution in [2.75, 3.05) is 11.9 Å². The van der Waals surface area contributed by atoms with Gasteiger partial charge in [0.05, 0.1) is 12.6 Å². The van der Waals surface area contributed by atoms with E-state index in [0.29, 0.717) is 0 Å². The number of aromatic nitrogens is 2. The third-order valence-corrected chi connectivity index (χ3v) is 3.50. The topological polar surface area (TPSA) is 59.0 Å². The molecule has 1 saturated heterocycles. The summed E-state index contributed by atoms with van der Waals surface area (Å²) in [5.74, 6) is 0.0577. The average molecular weight is 307 g/mol. The van der Waals surface area contributed by atoms with Crippen LogP contribution in [-0.4, -0.2) is 28.3 Å². The summed E-state index contributed by atoms with van der Waals surface area (Å²) in [5.41, 5.74) is 2.00. The summed E-state index contributed by atoms with van der Waals surface area (Å²) in [4.78, 5) is 12.0. The summed E-state index contributed by atoms with van der Waals surface area (Å²) < 4.78 is 1.87. The molecule has 1 aromatic carbocycles. The summed E-state index contributed by atoms with van der Waals surface area (Å²) >= 11 is 0. The Labute approximate surface area is 130 Å². The van der Waals surface area contributed by atoms with Crippen LogP contribution in [-0.2, 0) is 11.3 Å². The first-order valence-electron chi connectivity index (χ1n) is 6.92. The van der Waals surface area contributed by atoms with Crippen molar-refractivity contribution >= 4 is 24.0 Å². The lowest BCUT2D eigenvalue weighted by Gasteiger charge is -2.11. The lowest BCUT2D eigenvalue weighted by molar-refractivity contribution is -0.117. The Hall–Kier alpha value is -1.85. The normalized spacial score (nSPS) is 17.2. The highest BCUT2D eigenvalue weighted by Gasteiger charge is 2.21. The van der Waals surface area contributed by atoms with Gasteiger partial charge in [0, 0.05) is 18.1 Å². The molecule has 2 N–H and O–H groups in total. The van der Waals surface area contributed by atoms with Gasteiger partial charge in [0.15, 0.2) is 0 Å². The molecular formula is C15H19ClN4O. The van der Waals surface area contributed by atoms with Crippen molar-refractivity contribution in [3.8, 4) is 0 Å². The highest BCUT2D eigenvalue weighted by Crippen LogP contribution is 2.13. The summed E-state index contributed by atoms with van der Waals surface area (Å²) in [5, 5.41) is 10.3. The zero-order valence-corrected chi connectivity index (χ0v) is 12.5. The van der Waals surface area contributed by atoms with Gasteiger partial charge in [-0.3, -0.25) is 9.48 Å². The molecule has 1 unspecified atom stereocenters. The Kier molecular flexibility index (Phi) is 5.36. The predicted octanol–water partition coefficient (Wildman–Crippen LogP) is 2.04. The largest absolute Gasteiger partial charge is 0.325 e. The Balaban J connectivity index is 0.00000161. The van der Waals surface area contributed by atoms with Gasteiger partial charge in [-0.25, -0.2) is 0 Å². The van der Waals surface area contributed by atoms with E-state index in [9.17, 15) is 4.79 Å². The van der Waals surface area contributed by atoms with E-state index in [4.69, 9.17) is 0 Å². The van der Waals surface area contributed by atoms with Crippen molar-refractivity contribution in [1.29, 1.82) is 0 Å². The first-order chi connectivity index (χ1) is 9.81. The first kappa shape index (κ1) is 15.5. The van der Waals surface area contributed by atoms with Crippen LogP contribution in [0.1, 0.15) is 18.4 Å². The van der Waals surface area contributed by atoms with Gasteiger partial charge in [-0.2, -0.15) is 5.10 Å². The van der Waals surface area contributed by atoms with Gasteiger partial charge < -0.3 is 10.6 Å². The van der Waals surface area contributed by atoms with Crippen LogP contribution < -0.4 is 10.6 Å². The van der Waals surface area contributed by atoms with Crippen LogP contribution >= 0.6 is 12.4 Å². The number of anilines is 1. The molecule has 6 heteroatoms. The van der Waals surface area contributed by atoms with Crippen LogP contribution in [0.4, 0.5) is 5.69 Å². The molecule has 1 aliphatic rings. The summed E-state index contributed by atoms with van der Waals surface area (Å²) in [6, 6.07) is 9.76. The molecule has 112 valence electrons. The molecule has 0 radical (unpaired) electrons. The average Bonchev–Trinajstić information content (AvgIpc) is 3.13. The van der Waals surface area contributed by atoms with Gasteiger partial charge in [-0.15, -0.1) is 12.4 Å². The number of nitrogens with one attached hydrogen (secondary N) is 2. The maximum Gasteiger partial charge on any atom is 0.241 e. The van der Waals surface area contributed by atoms with Crippen molar-refractivity contribution in [1.82, 2.24) is 15.1 Å². The number of hydrogen-bond acceptors (Lipinski definition) is 3. The smallest absolute Gasteiger partial charge is 0.241 e. The minimum Gasteiger partial charge on any atom is -0.325 e. The van der Waals surface area contributed by atoms with Gasteiger partial charge >= 0.3 is 0 Å². The maximum absolute atomic E-state index is 12.0. The van der Waals surface area contributed by atoms with E-state index in [1.807, 2.05) is 41.2 Å². The molecule has 21 heavy (non-hydrogen) atoms. The third kappa shape index (κ3) is 4.06. The van der Waals surface area contributed by atoms with Crippen molar-refractivity contribution in [2.45, 2.75) is 25.4 Å². The lowest BCUT2D eigenvalue weighted by atomic mass is 10.2. The summed E-state index contributed by atoms with van der Waals surface area (Å²) in [6.07, 6.45) is 5.69. The fraction of sp³-hybridized carbons (Fsp3) is 0.333. The molecule has 0 saturated carbocycles. The molecule has 0 aliphatic carbocycles. The number of hydrogen-bond donors (Lipinski definition) is 2. The zero-order chi connectivity index (χ0) is 13.8. The number of nitrogens with zero attached hydrogens (tertiary/aromatic N) is 2. The molecule has 1 fully saturated rings. The van der Waals surface area contributed by atoms with Gasteiger partial charge in [0.2, 0.25) is 5.91 Å². The molecule has 0 bridgehead atoms. The Morgan fingerprint density at radius 1 is 1.38 bits per heavy atom. The van der Waals surface area contributed by atoms with Crippen LogP contribution in [0.3, 0.4) is 0 Å². The van der Waals surface area contributed by atoms with E-state index >= 15 is 0 Å². The van der Waals surface area contributed by atoms with Crippen LogP contribution in [0.15, 0.2) is 42.7 Å². The SMILES string of the molecule is Cl.O=C(Nc1ccc(Cn2cccn2)cc1)C1CCCN1. The number of benzene rings is 1. The molecular weight excluding hydrogens is 288 g/mol. The Bertz CT molecular complexity index is 562. The Morgan fingerprint density at radius 2 is 2.19 bits per heavy atom. The van der Waals surface area contributed by atoms with Crippen LogP contribution in [0.2, 0.25) is 0 Å². The molecule has 1 amide bonds. The van der Waals surface area contributed by atoms with E-state index in [1.165, 1.54) is 0 Å². The van der Waals surface area contributed by atoms with Crippen molar-refractivity contribution < 1.29 is 4.79 Å². The quantitative estimate of drug-likeness (QED) is 0.909. The molecule has 1 aromatic heterocycles. The molecule has 0 spiro atoms. The predicted molar refractivity (Wildman–Crippen MR) is 84.7 cm³/mol. The zero-order valence-electron chi connectivity index (χ0n) is 11.7. The van der Waals surface area contributed by atoms with Gasteiger partial charge in [-0.05, 0) is 43.1 Å². The molecule has 2 aromatic rings. The van der Waals surface area contributed by atoms with E-state index in [-0.39, 0.29) is 24.4 Å². The van der Waals surface area contributed by atoms with Gasteiger partial charge in [-0.1, -0.05) is 12.1 Å². The second-order valence-electron chi connectivity index (χ2n) is 5.04. The molecule has 2 heterocycles. The number of halogens is 1. The minimum absolute atomic E-state index is 0. The van der Waals surface area contributed by atoms with Crippen molar-refractivity contribution in [3.05, 3.63) is 48.3 Å². The molecule has 5 nitrogen and oxygen atoms in total. The Morgan fingerprint density at radius 3 is 2.81 bits per heavy atom. The number of carbonyl (C=O) groups excluding carboxylic acids is 1. The van der Waals surface area contributed by atoms with E-state index in [0.717, 1.165) is 37.2 Å². The van der Waals surface area contributed by atoms with E-state index in [2.05, 4.69) is 15.7 Å². The lowest BCUT2D eigenvalue weighted by Crippen LogP contribution is -2.35. The van der Waals surface area contributed by atoms with Crippen LogP contribution in [0.25, 0.3) is 0 Å². The van der Waals surface area contributed by atoms with Gasteiger partial charge in [0.25, 0.3) is 0 Å². The number of carbonyl (C=O) groups is 1. The van der Waals surface area contributed by atoms with E-state index in [1.54, 1.807) is 6.20 Å². The number of amides is 1. The van der Waals surface area contributed by atoms with Gasteiger partial charge in [0.1, 0.15) is 0 Å².